The maximum absolute atomic E-state index is 11.6. The van der Waals surface area contributed by atoms with Crippen molar-refractivity contribution in [2.45, 2.75) is 38.6 Å². The third kappa shape index (κ3) is 3.20. The van der Waals surface area contributed by atoms with Crippen LogP contribution in [0.2, 0.25) is 0 Å². The number of thiophene rings is 1. The highest BCUT2D eigenvalue weighted by Crippen LogP contribution is 2.18. The van der Waals surface area contributed by atoms with E-state index in [2.05, 4.69) is 18.3 Å². The van der Waals surface area contributed by atoms with Gasteiger partial charge in [0.15, 0.2) is 0 Å². The average molecular weight is 235 g/mol. The molecule has 86 valence electrons. The Balaban J connectivity index is 1.84. The minimum atomic E-state index is 0.0398. The van der Waals surface area contributed by atoms with Crippen molar-refractivity contribution < 1.29 is 4.79 Å². The normalized spacial score (nSPS) is 17.1. The number of rotatable bonds is 3. The fourth-order valence-electron chi connectivity index (χ4n) is 2.02. The van der Waals surface area contributed by atoms with Gasteiger partial charge in [-0.1, -0.05) is 12.8 Å². The van der Waals surface area contributed by atoms with Gasteiger partial charge < -0.3 is 5.32 Å². The van der Waals surface area contributed by atoms with Crippen molar-refractivity contribution in [3.8, 4) is 0 Å². The first-order chi connectivity index (χ1) is 7.74. The van der Waals surface area contributed by atoms with Gasteiger partial charge in [-0.25, -0.2) is 0 Å². The van der Waals surface area contributed by atoms with E-state index in [1.807, 2.05) is 12.1 Å². The lowest BCUT2D eigenvalue weighted by atomic mass is 10.2. The van der Waals surface area contributed by atoms with E-state index in [1.165, 1.54) is 17.7 Å². The van der Waals surface area contributed by atoms with E-state index in [0.29, 0.717) is 6.04 Å². The molecule has 0 radical (unpaired) electrons. The van der Waals surface area contributed by atoms with Crippen LogP contribution < -0.4 is 5.32 Å². The van der Waals surface area contributed by atoms with Crippen LogP contribution in [0.1, 0.15) is 35.4 Å². The van der Waals surface area contributed by atoms with Crippen LogP contribution in [0.15, 0.2) is 18.2 Å². The second-order valence-electron chi connectivity index (χ2n) is 4.27. The molecule has 0 spiro atoms. The molecule has 2 rings (SSSR count). The molecule has 3 heteroatoms. The summed E-state index contributed by atoms with van der Waals surface area (Å²) < 4.78 is 0. The van der Waals surface area contributed by atoms with Gasteiger partial charge in [0.1, 0.15) is 0 Å². The number of carbonyl (C=O) groups excluding carboxylic acids is 1. The number of amides is 1. The van der Waals surface area contributed by atoms with Gasteiger partial charge in [-0.2, -0.15) is 0 Å². The molecule has 2 nitrogen and oxygen atoms in total. The van der Waals surface area contributed by atoms with Gasteiger partial charge in [0.05, 0.1) is 0 Å². The van der Waals surface area contributed by atoms with Gasteiger partial charge in [0.2, 0.25) is 5.91 Å². The molecule has 16 heavy (non-hydrogen) atoms. The summed E-state index contributed by atoms with van der Waals surface area (Å²) in [6.45, 7) is 2.07. The van der Waals surface area contributed by atoms with Gasteiger partial charge in [-0.3, -0.25) is 4.79 Å². The van der Waals surface area contributed by atoms with Crippen molar-refractivity contribution in [2.75, 3.05) is 0 Å². The molecule has 1 heterocycles. The molecule has 1 fully saturated rings. The molecule has 0 saturated heterocycles. The topological polar surface area (TPSA) is 29.1 Å². The molecule has 0 aliphatic heterocycles. The molecule has 1 N–H and O–H groups in total. The number of aryl methyl sites for hydroxylation is 1. The molecular formula is C13H17NOS. The summed E-state index contributed by atoms with van der Waals surface area (Å²) in [6.07, 6.45) is 8.30. The molecule has 0 aromatic carbocycles. The second kappa shape index (κ2) is 5.30. The molecular weight excluding hydrogens is 218 g/mol. The Bertz CT molecular complexity index is 388. The van der Waals surface area contributed by atoms with Crippen molar-refractivity contribution in [1.82, 2.24) is 5.32 Å². The maximum Gasteiger partial charge on any atom is 0.244 e. The van der Waals surface area contributed by atoms with Crippen molar-refractivity contribution in [2.24, 2.45) is 0 Å². The van der Waals surface area contributed by atoms with Gasteiger partial charge in [0.25, 0.3) is 0 Å². The van der Waals surface area contributed by atoms with Crippen molar-refractivity contribution in [1.29, 1.82) is 0 Å². The van der Waals surface area contributed by atoms with Crippen LogP contribution in [0.25, 0.3) is 6.08 Å². The molecule has 1 amide bonds. The Morgan fingerprint density at radius 1 is 1.44 bits per heavy atom. The minimum Gasteiger partial charge on any atom is -0.350 e. The first-order valence-electron chi connectivity index (χ1n) is 5.79. The summed E-state index contributed by atoms with van der Waals surface area (Å²) in [6, 6.07) is 4.51. The predicted octanol–water partition coefficient (Wildman–Crippen LogP) is 3.13. The van der Waals surface area contributed by atoms with Gasteiger partial charge in [0, 0.05) is 21.9 Å². The fraction of sp³-hybridized carbons (Fsp3) is 0.462. The number of hydrogen-bond donors (Lipinski definition) is 1. The number of hydrogen-bond acceptors (Lipinski definition) is 2. The monoisotopic (exact) mass is 235 g/mol. The Kier molecular flexibility index (Phi) is 3.78. The molecule has 0 unspecified atom stereocenters. The largest absolute Gasteiger partial charge is 0.350 e. The third-order valence-corrected chi connectivity index (χ3v) is 3.83. The zero-order valence-corrected chi connectivity index (χ0v) is 10.3. The number of nitrogens with one attached hydrogen (secondary N) is 1. The van der Waals surface area contributed by atoms with E-state index in [0.717, 1.165) is 17.7 Å². The Morgan fingerprint density at radius 3 is 2.81 bits per heavy atom. The molecule has 1 aromatic heterocycles. The first kappa shape index (κ1) is 11.4. The van der Waals surface area contributed by atoms with Crippen LogP contribution in [0.5, 0.6) is 0 Å². The lowest BCUT2D eigenvalue weighted by Crippen LogP contribution is -2.30. The summed E-state index contributed by atoms with van der Waals surface area (Å²) in [5.74, 6) is 0.0398. The molecule has 1 saturated carbocycles. The lowest BCUT2D eigenvalue weighted by molar-refractivity contribution is -0.117. The Labute approximate surface area is 100 Å². The summed E-state index contributed by atoms with van der Waals surface area (Å²) in [7, 11) is 0. The molecule has 1 aliphatic rings. The summed E-state index contributed by atoms with van der Waals surface area (Å²) in [4.78, 5) is 14.0. The fourth-order valence-corrected chi connectivity index (χ4v) is 2.80. The molecule has 0 bridgehead atoms. The van der Waals surface area contributed by atoms with Crippen LogP contribution >= 0.6 is 11.3 Å². The van der Waals surface area contributed by atoms with Gasteiger partial charge in [-0.15, -0.1) is 11.3 Å². The minimum absolute atomic E-state index is 0.0398. The predicted molar refractivity (Wildman–Crippen MR) is 68.5 cm³/mol. The van der Waals surface area contributed by atoms with E-state index in [4.69, 9.17) is 0 Å². The summed E-state index contributed by atoms with van der Waals surface area (Å²) >= 11 is 1.71. The maximum atomic E-state index is 11.6. The van der Waals surface area contributed by atoms with E-state index < -0.39 is 0 Å². The van der Waals surface area contributed by atoms with Crippen LogP contribution in [0.4, 0.5) is 0 Å². The van der Waals surface area contributed by atoms with Gasteiger partial charge >= 0.3 is 0 Å². The van der Waals surface area contributed by atoms with Crippen molar-refractivity contribution in [3.63, 3.8) is 0 Å². The lowest BCUT2D eigenvalue weighted by Gasteiger charge is -2.08. The highest BCUT2D eigenvalue weighted by molar-refractivity contribution is 7.12. The highest BCUT2D eigenvalue weighted by Gasteiger charge is 2.15. The van der Waals surface area contributed by atoms with E-state index in [-0.39, 0.29) is 5.91 Å². The standard InChI is InChI=1S/C13H17NOS/c1-10-6-7-12(16-10)8-9-13(15)14-11-4-2-3-5-11/h6-9,11H,2-5H2,1H3,(H,14,15)/b9-8+. The number of carbonyl (C=O) groups is 1. The Hall–Kier alpha value is -1.09. The van der Waals surface area contributed by atoms with E-state index in [9.17, 15) is 4.79 Å². The van der Waals surface area contributed by atoms with Crippen LogP contribution in [0, 0.1) is 6.92 Å². The third-order valence-electron chi connectivity index (χ3n) is 2.86. The van der Waals surface area contributed by atoms with Crippen LogP contribution in [-0.2, 0) is 4.79 Å². The van der Waals surface area contributed by atoms with Crippen molar-refractivity contribution in [3.05, 3.63) is 28.0 Å². The van der Waals surface area contributed by atoms with Gasteiger partial charge in [-0.05, 0) is 38.0 Å². The first-order valence-corrected chi connectivity index (χ1v) is 6.61. The molecule has 1 aromatic rings. The summed E-state index contributed by atoms with van der Waals surface area (Å²) in [5.41, 5.74) is 0. The van der Waals surface area contributed by atoms with Crippen LogP contribution in [0.3, 0.4) is 0 Å². The average Bonchev–Trinajstić information content (AvgIpc) is 2.87. The zero-order chi connectivity index (χ0) is 11.4. The quantitative estimate of drug-likeness (QED) is 0.801. The van der Waals surface area contributed by atoms with Crippen LogP contribution in [-0.4, -0.2) is 11.9 Å². The van der Waals surface area contributed by atoms with E-state index in [1.54, 1.807) is 17.4 Å². The van der Waals surface area contributed by atoms with Crippen molar-refractivity contribution >= 4 is 23.3 Å². The van der Waals surface area contributed by atoms with E-state index >= 15 is 0 Å². The summed E-state index contributed by atoms with van der Waals surface area (Å²) in [5, 5.41) is 3.03. The highest BCUT2D eigenvalue weighted by atomic mass is 32.1. The molecule has 0 atom stereocenters. The second-order valence-corrected chi connectivity index (χ2v) is 5.59. The smallest absolute Gasteiger partial charge is 0.244 e. The SMILES string of the molecule is Cc1ccc(/C=C/C(=O)NC2CCCC2)s1. The Morgan fingerprint density at radius 2 is 2.19 bits per heavy atom. The molecule has 1 aliphatic carbocycles. The zero-order valence-electron chi connectivity index (χ0n) is 9.53.